The number of pyridine rings is 2. The van der Waals surface area contributed by atoms with E-state index in [1.165, 1.54) is 23.0 Å². The van der Waals surface area contributed by atoms with Crippen LogP contribution >= 0.6 is 0 Å². The van der Waals surface area contributed by atoms with Crippen molar-refractivity contribution in [1.29, 1.82) is 5.26 Å². The van der Waals surface area contributed by atoms with E-state index in [1.54, 1.807) is 62.1 Å². The van der Waals surface area contributed by atoms with Crippen LogP contribution in [0.25, 0.3) is 33.4 Å². The summed E-state index contributed by atoms with van der Waals surface area (Å²) in [5.41, 5.74) is 10.2. The number of imidazole rings is 1. The first-order chi connectivity index (χ1) is 17.0. The van der Waals surface area contributed by atoms with Gasteiger partial charge in [0.15, 0.2) is 5.03 Å². The molecule has 0 amide bonds. The maximum Gasteiger partial charge on any atom is 0.301 e. The van der Waals surface area contributed by atoms with Crippen molar-refractivity contribution in [3.05, 3.63) is 84.6 Å². The van der Waals surface area contributed by atoms with Gasteiger partial charge in [-0.1, -0.05) is 12.1 Å². The molecule has 35 heavy (non-hydrogen) atoms. The van der Waals surface area contributed by atoms with Crippen LogP contribution in [0.1, 0.15) is 11.1 Å². The van der Waals surface area contributed by atoms with Crippen LogP contribution in [0.15, 0.2) is 83.5 Å². The second kappa shape index (κ2) is 8.51. The Bertz CT molecular complexity index is 1790. The van der Waals surface area contributed by atoms with Gasteiger partial charge in [0.1, 0.15) is 16.7 Å². The molecule has 0 spiro atoms. The molecule has 0 unspecified atom stereocenters. The first kappa shape index (κ1) is 22.0. The van der Waals surface area contributed by atoms with E-state index in [4.69, 9.17) is 11.0 Å². The van der Waals surface area contributed by atoms with Crippen molar-refractivity contribution >= 4 is 38.5 Å². The number of aromatic nitrogens is 5. The van der Waals surface area contributed by atoms with Crippen LogP contribution in [0.3, 0.4) is 0 Å². The van der Waals surface area contributed by atoms with E-state index < -0.39 is 10.0 Å². The number of nitrogens with zero attached hydrogens (tertiary/aromatic N) is 7. The van der Waals surface area contributed by atoms with E-state index in [2.05, 4.69) is 26.1 Å². The number of nitrogens with two attached hydrogens (primary N) is 1. The second-order valence-corrected chi connectivity index (χ2v) is 9.28. The molecule has 1 aromatic carbocycles. The highest BCUT2D eigenvalue weighted by Gasteiger charge is 2.25. The number of rotatable bonds is 5. The van der Waals surface area contributed by atoms with Crippen LogP contribution in [-0.4, -0.2) is 45.2 Å². The van der Waals surface area contributed by atoms with Crippen LogP contribution < -0.4 is 5.73 Å². The van der Waals surface area contributed by atoms with Crippen LogP contribution in [0, 0.1) is 11.3 Å². The molecule has 172 valence electrons. The fourth-order valence-corrected chi connectivity index (χ4v) is 5.07. The number of allylic oxidation sites excluding steroid dienone is 1. The van der Waals surface area contributed by atoms with E-state index in [0.717, 1.165) is 15.2 Å². The lowest BCUT2D eigenvalue weighted by Crippen LogP contribution is -2.16. The first-order valence-corrected chi connectivity index (χ1v) is 11.8. The van der Waals surface area contributed by atoms with Crippen molar-refractivity contribution in [1.82, 2.24) is 23.6 Å². The molecule has 0 aliphatic carbocycles. The predicted octanol–water partition coefficient (Wildman–Crippen LogP) is 2.85. The minimum absolute atomic E-state index is 0.0527. The number of fused-ring (bicyclic) bond motifs is 2. The van der Waals surface area contributed by atoms with Gasteiger partial charge in [0, 0.05) is 43.0 Å². The quantitative estimate of drug-likeness (QED) is 0.379. The molecule has 0 aliphatic heterocycles. The third-order valence-corrected chi connectivity index (χ3v) is 7.06. The Morgan fingerprint density at radius 1 is 1.09 bits per heavy atom. The molecule has 0 saturated heterocycles. The van der Waals surface area contributed by atoms with Crippen LogP contribution in [0.5, 0.6) is 0 Å². The molecule has 0 fully saturated rings. The lowest BCUT2D eigenvalue weighted by atomic mass is 10.1. The summed E-state index contributed by atoms with van der Waals surface area (Å²) >= 11 is 0. The highest BCUT2D eigenvalue weighted by atomic mass is 32.2. The number of hydrogen-bond acceptors (Lipinski definition) is 8. The Labute approximate surface area is 200 Å². The van der Waals surface area contributed by atoms with Gasteiger partial charge in [-0.15, -0.1) is 0 Å². The van der Waals surface area contributed by atoms with E-state index >= 15 is 0 Å². The molecule has 10 nitrogen and oxygen atoms in total. The number of hydrogen-bond donors (Lipinski definition) is 1. The molecular weight excluding hydrogens is 464 g/mol. The lowest BCUT2D eigenvalue weighted by molar-refractivity contribution is 0.577. The summed E-state index contributed by atoms with van der Waals surface area (Å²) in [4.78, 5) is 12.6. The lowest BCUT2D eigenvalue weighted by Gasteiger charge is -2.08. The number of nitriles is 1. The monoisotopic (exact) mass is 482 g/mol. The average Bonchev–Trinajstić information content (AvgIpc) is 3.51. The maximum absolute atomic E-state index is 13.7. The van der Waals surface area contributed by atoms with E-state index in [-0.39, 0.29) is 5.03 Å². The fraction of sp³-hybridized carbons (Fsp3) is 0.0417. The van der Waals surface area contributed by atoms with Crippen molar-refractivity contribution < 1.29 is 8.42 Å². The Hall–Kier alpha value is -4.82. The minimum Gasteiger partial charge on any atom is -0.404 e. The summed E-state index contributed by atoms with van der Waals surface area (Å²) in [6.07, 6.45) is 8.90. The molecule has 5 rings (SSSR count). The molecule has 11 heteroatoms. The summed E-state index contributed by atoms with van der Waals surface area (Å²) in [5.74, 6) is 0. The van der Waals surface area contributed by atoms with Crippen LogP contribution in [0.4, 0.5) is 0 Å². The summed E-state index contributed by atoms with van der Waals surface area (Å²) < 4.78 is 29.8. The standard InChI is InChI=1S/C24H18N8O2S/c1-27-11-20(10-26)19-8-22-21(28-12-19)13-30-32(22)35(33,34)24-14-29-23-7-6-18(15-31(23)24)17-4-2-16(9-25)3-5-17/h2-8,10-15H,26H2,1H3. The van der Waals surface area contributed by atoms with Gasteiger partial charge >= 0.3 is 10.0 Å². The molecule has 5 aromatic rings. The summed E-state index contributed by atoms with van der Waals surface area (Å²) in [7, 11) is -2.53. The van der Waals surface area contributed by atoms with Crippen LogP contribution in [-0.2, 0) is 10.0 Å². The summed E-state index contributed by atoms with van der Waals surface area (Å²) in [5, 5.41) is 13.1. The zero-order valence-electron chi connectivity index (χ0n) is 18.4. The van der Waals surface area contributed by atoms with Crippen molar-refractivity contribution in [3.63, 3.8) is 0 Å². The van der Waals surface area contributed by atoms with Crippen molar-refractivity contribution in [3.8, 4) is 17.2 Å². The van der Waals surface area contributed by atoms with Gasteiger partial charge < -0.3 is 5.73 Å². The van der Waals surface area contributed by atoms with E-state index in [1.807, 2.05) is 6.07 Å². The Balaban J connectivity index is 1.64. The minimum atomic E-state index is -4.14. The van der Waals surface area contributed by atoms with Crippen molar-refractivity contribution in [2.75, 3.05) is 7.05 Å². The van der Waals surface area contributed by atoms with Gasteiger partial charge in [-0.3, -0.25) is 14.4 Å². The van der Waals surface area contributed by atoms with Gasteiger partial charge in [-0.25, -0.2) is 4.98 Å². The number of aliphatic imine (C=N–C) groups is 1. The second-order valence-electron chi connectivity index (χ2n) is 7.56. The van der Waals surface area contributed by atoms with E-state index in [9.17, 15) is 8.42 Å². The van der Waals surface area contributed by atoms with Crippen molar-refractivity contribution in [2.24, 2.45) is 10.7 Å². The normalized spacial score (nSPS) is 12.5. The molecule has 4 heterocycles. The highest BCUT2D eigenvalue weighted by molar-refractivity contribution is 7.90. The molecule has 0 radical (unpaired) electrons. The first-order valence-electron chi connectivity index (χ1n) is 10.4. The largest absolute Gasteiger partial charge is 0.404 e. The fourth-order valence-electron chi connectivity index (χ4n) is 3.73. The molecular formula is C24H18N8O2S. The molecule has 0 bridgehead atoms. The van der Waals surface area contributed by atoms with Gasteiger partial charge in [-0.05, 0) is 41.5 Å². The van der Waals surface area contributed by atoms with Gasteiger partial charge in [0.05, 0.1) is 24.0 Å². The van der Waals surface area contributed by atoms with Gasteiger partial charge in [0.2, 0.25) is 0 Å². The topological polar surface area (TPSA) is 144 Å². The Kier molecular flexibility index (Phi) is 5.35. The third kappa shape index (κ3) is 3.71. The SMILES string of the molecule is CN=CC(=CN)c1cnc2cnn(S(=O)(=O)c3cnc4ccc(-c5ccc(C#N)cc5)cn34)c2c1. The molecule has 4 aromatic heterocycles. The maximum atomic E-state index is 13.7. The zero-order valence-corrected chi connectivity index (χ0v) is 19.3. The molecule has 2 N–H and O–H groups in total. The average molecular weight is 483 g/mol. The van der Waals surface area contributed by atoms with Gasteiger partial charge in [-0.2, -0.15) is 22.9 Å². The van der Waals surface area contributed by atoms with Gasteiger partial charge in [0.25, 0.3) is 0 Å². The molecule has 0 aliphatic rings. The Morgan fingerprint density at radius 2 is 1.86 bits per heavy atom. The number of benzene rings is 1. The van der Waals surface area contributed by atoms with Crippen LogP contribution in [0.2, 0.25) is 0 Å². The van der Waals surface area contributed by atoms with E-state index in [0.29, 0.717) is 33.4 Å². The zero-order chi connectivity index (χ0) is 24.6. The third-order valence-electron chi connectivity index (χ3n) is 5.48. The van der Waals surface area contributed by atoms with Crippen molar-refractivity contribution in [2.45, 2.75) is 5.03 Å². The highest BCUT2D eigenvalue weighted by Crippen LogP contribution is 2.25. The Morgan fingerprint density at radius 3 is 2.57 bits per heavy atom. The smallest absolute Gasteiger partial charge is 0.301 e. The summed E-state index contributed by atoms with van der Waals surface area (Å²) in [6.45, 7) is 0. The molecule has 0 atom stereocenters. The summed E-state index contributed by atoms with van der Waals surface area (Å²) in [6, 6.07) is 14.3. The predicted molar refractivity (Wildman–Crippen MR) is 132 cm³/mol. The molecule has 0 saturated carbocycles.